The Labute approximate surface area is 117 Å². The molecule has 0 spiro atoms. The summed E-state index contributed by atoms with van der Waals surface area (Å²) in [6.07, 6.45) is 3.03. The lowest BCUT2D eigenvalue weighted by Gasteiger charge is -2.18. The number of hydrogen-bond donors (Lipinski definition) is 0. The van der Waals surface area contributed by atoms with Gasteiger partial charge in [-0.2, -0.15) is 0 Å². The number of hydrogen-bond acceptors (Lipinski definition) is 2. The van der Waals surface area contributed by atoms with Gasteiger partial charge < -0.3 is 4.90 Å². The van der Waals surface area contributed by atoms with Crippen LogP contribution in [0.25, 0.3) is 10.9 Å². The molecule has 2 nitrogen and oxygen atoms in total. The van der Waals surface area contributed by atoms with Crippen LogP contribution >= 0.6 is 15.9 Å². The maximum absolute atomic E-state index is 4.49. The van der Waals surface area contributed by atoms with E-state index in [4.69, 9.17) is 0 Å². The van der Waals surface area contributed by atoms with Gasteiger partial charge >= 0.3 is 0 Å². The van der Waals surface area contributed by atoms with E-state index in [0.29, 0.717) is 4.83 Å². The van der Waals surface area contributed by atoms with Gasteiger partial charge in [0.2, 0.25) is 0 Å². The molecule has 18 heavy (non-hydrogen) atoms. The second-order valence-electron chi connectivity index (χ2n) is 4.80. The van der Waals surface area contributed by atoms with Gasteiger partial charge in [0.1, 0.15) is 0 Å². The fraction of sp³-hybridized carbons (Fsp3) is 0.400. The van der Waals surface area contributed by atoms with Gasteiger partial charge in [-0.1, -0.05) is 47.1 Å². The van der Waals surface area contributed by atoms with Crippen LogP contribution in [-0.2, 0) is 6.54 Å². The van der Waals surface area contributed by atoms with Gasteiger partial charge in [0, 0.05) is 23.0 Å². The van der Waals surface area contributed by atoms with Crippen LogP contribution < -0.4 is 0 Å². The van der Waals surface area contributed by atoms with E-state index in [9.17, 15) is 0 Å². The number of benzene rings is 1. The van der Waals surface area contributed by atoms with E-state index >= 15 is 0 Å². The lowest BCUT2D eigenvalue weighted by atomic mass is 10.1. The number of nitrogens with zero attached hydrogens (tertiary/aromatic N) is 2. The molecule has 1 unspecified atom stereocenters. The van der Waals surface area contributed by atoms with E-state index < -0.39 is 0 Å². The molecule has 0 bridgehead atoms. The molecule has 0 aliphatic heterocycles. The molecule has 1 atom stereocenters. The van der Waals surface area contributed by atoms with Crippen molar-refractivity contribution in [2.45, 2.75) is 24.7 Å². The molecule has 0 aliphatic carbocycles. The van der Waals surface area contributed by atoms with Crippen molar-refractivity contribution in [1.82, 2.24) is 9.88 Å². The Bertz CT molecular complexity index is 505. The van der Waals surface area contributed by atoms with Crippen LogP contribution in [0.2, 0.25) is 0 Å². The van der Waals surface area contributed by atoms with Gasteiger partial charge in [-0.3, -0.25) is 4.98 Å². The van der Waals surface area contributed by atoms with Crippen LogP contribution in [0.15, 0.2) is 36.5 Å². The van der Waals surface area contributed by atoms with Crippen LogP contribution in [0.1, 0.15) is 18.9 Å². The zero-order valence-electron chi connectivity index (χ0n) is 10.9. The Hall–Kier alpha value is -0.930. The normalized spacial score (nSPS) is 13.1. The van der Waals surface area contributed by atoms with Crippen molar-refractivity contribution in [2.75, 3.05) is 13.6 Å². The first kappa shape index (κ1) is 13.5. The summed E-state index contributed by atoms with van der Waals surface area (Å²) < 4.78 is 0. The SMILES string of the molecule is CC(Br)CCN(C)Cc1cccc2cccnc12. The highest BCUT2D eigenvalue weighted by Gasteiger charge is 2.06. The van der Waals surface area contributed by atoms with Gasteiger partial charge in [0.05, 0.1) is 5.52 Å². The predicted octanol–water partition coefficient (Wildman–Crippen LogP) is 3.84. The summed E-state index contributed by atoms with van der Waals surface area (Å²) in [6, 6.07) is 10.5. The molecule has 0 amide bonds. The first-order valence-electron chi connectivity index (χ1n) is 6.32. The fourth-order valence-electron chi connectivity index (χ4n) is 2.06. The number of halogens is 1. The fourth-order valence-corrected chi connectivity index (χ4v) is 2.27. The predicted molar refractivity (Wildman–Crippen MR) is 81.1 cm³/mol. The summed E-state index contributed by atoms with van der Waals surface area (Å²) in [5, 5.41) is 1.22. The number of fused-ring (bicyclic) bond motifs is 1. The minimum absolute atomic E-state index is 0.575. The molecular weight excluding hydrogens is 288 g/mol. The molecule has 2 rings (SSSR count). The number of pyridine rings is 1. The van der Waals surface area contributed by atoms with Gasteiger partial charge in [-0.15, -0.1) is 0 Å². The molecule has 3 heteroatoms. The van der Waals surface area contributed by atoms with E-state index in [2.05, 4.69) is 64.1 Å². The van der Waals surface area contributed by atoms with Gasteiger partial charge in [-0.05, 0) is 31.6 Å². The number of para-hydroxylation sites is 1. The third-order valence-electron chi connectivity index (χ3n) is 3.07. The highest BCUT2D eigenvalue weighted by atomic mass is 79.9. The smallest absolute Gasteiger partial charge is 0.0746 e. The minimum Gasteiger partial charge on any atom is -0.302 e. The molecule has 0 saturated carbocycles. The molecule has 0 aliphatic rings. The van der Waals surface area contributed by atoms with Gasteiger partial charge in [-0.25, -0.2) is 0 Å². The van der Waals surface area contributed by atoms with Crippen molar-refractivity contribution >= 4 is 26.8 Å². The summed E-state index contributed by atoms with van der Waals surface area (Å²) in [5.41, 5.74) is 2.43. The van der Waals surface area contributed by atoms with E-state index in [-0.39, 0.29) is 0 Å². The average Bonchev–Trinajstić information content (AvgIpc) is 2.37. The zero-order chi connectivity index (χ0) is 13.0. The van der Waals surface area contributed by atoms with Crippen LogP contribution in [0, 0.1) is 0 Å². The Kier molecular flexibility index (Phi) is 4.72. The van der Waals surface area contributed by atoms with Gasteiger partial charge in [0.25, 0.3) is 0 Å². The van der Waals surface area contributed by atoms with E-state index in [1.54, 1.807) is 0 Å². The molecule has 0 fully saturated rings. The zero-order valence-corrected chi connectivity index (χ0v) is 12.5. The minimum atomic E-state index is 0.575. The number of aromatic nitrogens is 1. The molecule has 2 aromatic rings. The highest BCUT2D eigenvalue weighted by Crippen LogP contribution is 2.17. The van der Waals surface area contributed by atoms with Crippen molar-refractivity contribution in [3.63, 3.8) is 0 Å². The quantitative estimate of drug-likeness (QED) is 0.780. The van der Waals surface area contributed by atoms with E-state index in [1.165, 1.54) is 10.9 Å². The summed E-state index contributed by atoms with van der Waals surface area (Å²) in [6.45, 7) is 4.23. The number of alkyl halides is 1. The molecule has 96 valence electrons. The van der Waals surface area contributed by atoms with Crippen LogP contribution in [-0.4, -0.2) is 28.3 Å². The Balaban J connectivity index is 2.11. The van der Waals surface area contributed by atoms with Crippen molar-refractivity contribution < 1.29 is 0 Å². The van der Waals surface area contributed by atoms with Crippen molar-refractivity contribution in [2.24, 2.45) is 0 Å². The van der Waals surface area contributed by atoms with Crippen LogP contribution in [0.4, 0.5) is 0 Å². The van der Waals surface area contributed by atoms with Crippen molar-refractivity contribution in [3.05, 3.63) is 42.1 Å². The Morgan fingerprint density at radius 3 is 2.83 bits per heavy atom. The van der Waals surface area contributed by atoms with Crippen molar-refractivity contribution in [3.8, 4) is 0 Å². The third kappa shape index (κ3) is 3.53. The topological polar surface area (TPSA) is 16.1 Å². The molecule has 0 N–H and O–H groups in total. The van der Waals surface area contributed by atoms with E-state index in [0.717, 1.165) is 25.0 Å². The summed E-state index contributed by atoms with van der Waals surface area (Å²) in [5.74, 6) is 0. The third-order valence-corrected chi connectivity index (χ3v) is 3.52. The molecule has 1 heterocycles. The first-order valence-corrected chi connectivity index (χ1v) is 7.23. The van der Waals surface area contributed by atoms with Crippen molar-refractivity contribution in [1.29, 1.82) is 0 Å². The molecule has 0 saturated heterocycles. The standard InChI is InChI=1S/C15H19BrN2/c1-12(16)8-10-18(2)11-14-6-3-5-13-7-4-9-17-15(13)14/h3-7,9,12H,8,10-11H2,1-2H3. The van der Waals surface area contributed by atoms with E-state index in [1.807, 2.05) is 12.3 Å². The molecule has 1 aromatic heterocycles. The molecule has 0 radical (unpaired) electrons. The largest absolute Gasteiger partial charge is 0.302 e. The second-order valence-corrected chi connectivity index (χ2v) is 6.36. The maximum atomic E-state index is 4.49. The first-order chi connectivity index (χ1) is 8.66. The summed E-state index contributed by atoms with van der Waals surface area (Å²) in [4.78, 5) is 7.42. The highest BCUT2D eigenvalue weighted by molar-refractivity contribution is 9.09. The second kappa shape index (κ2) is 6.30. The monoisotopic (exact) mass is 306 g/mol. The average molecular weight is 307 g/mol. The van der Waals surface area contributed by atoms with Crippen LogP contribution in [0.5, 0.6) is 0 Å². The summed E-state index contributed by atoms with van der Waals surface area (Å²) >= 11 is 3.59. The Morgan fingerprint density at radius 1 is 1.28 bits per heavy atom. The Morgan fingerprint density at radius 2 is 2.06 bits per heavy atom. The number of rotatable bonds is 5. The summed E-state index contributed by atoms with van der Waals surface area (Å²) in [7, 11) is 2.16. The maximum Gasteiger partial charge on any atom is 0.0746 e. The molecule has 1 aromatic carbocycles. The van der Waals surface area contributed by atoms with Crippen LogP contribution in [0.3, 0.4) is 0 Å². The lowest BCUT2D eigenvalue weighted by molar-refractivity contribution is 0.324. The van der Waals surface area contributed by atoms with Gasteiger partial charge in [0.15, 0.2) is 0 Å². The molecular formula is C15H19BrN2. The lowest BCUT2D eigenvalue weighted by Crippen LogP contribution is -2.21.